The maximum atomic E-state index is 13.0. The highest BCUT2D eigenvalue weighted by atomic mass is 35.5. The number of aromatic nitrogens is 4. The van der Waals surface area contributed by atoms with Gasteiger partial charge in [0, 0.05) is 25.8 Å². The lowest BCUT2D eigenvalue weighted by Gasteiger charge is -2.25. The van der Waals surface area contributed by atoms with Crippen molar-refractivity contribution in [2.75, 3.05) is 6.54 Å². The Morgan fingerprint density at radius 2 is 2.09 bits per heavy atom. The Kier molecular flexibility index (Phi) is 4.20. The second-order valence-corrected chi connectivity index (χ2v) is 5.79. The summed E-state index contributed by atoms with van der Waals surface area (Å²) in [5.41, 5.74) is 1.57. The van der Waals surface area contributed by atoms with Gasteiger partial charge < -0.3 is 4.90 Å². The Balaban J connectivity index is 1.93. The third-order valence-corrected chi connectivity index (χ3v) is 4.48. The fraction of sp³-hybridized carbons (Fsp3) is 0.533. The molecule has 1 aliphatic heterocycles. The number of carbonyl (C=O) groups is 1. The number of amides is 1. The molecule has 1 fully saturated rings. The van der Waals surface area contributed by atoms with Gasteiger partial charge in [0.1, 0.15) is 5.69 Å². The highest BCUT2D eigenvalue weighted by Gasteiger charge is 2.34. The molecular formula is C15H20ClN5O. The summed E-state index contributed by atoms with van der Waals surface area (Å²) in [5, 5.41) is 8.91. The van der Waals surface area contributed by atoms with Gasteiger partial charge in [-0.2, -0.15) is 10.2 Å². The van der Waals surface area contributed by atoms with Crippen LogP contribution in [0.1, 0.15) is 48.9 Å². The molecule has 0 aliphatic carbocycles. The lowest BCUT2D eigenvalue weighted by Crippen LogP contribution is -2.33. The average Bonchev–Trinajstić information content (AvgIpc) is 3.24. The minimum absolute atomic E-state index is 0.0456. The van der Waals surface area contributed by atoms with E-state index in [-0.39, 0.29) is 11.9 Å². The number of carbonyl (C=O) groups excluding carboxylic acids is 1. The van der Waals surface area contributed by atoms with E-state index in [1.54, 1.807) is 17.1 Å². The molecule has 7 heteroatoms. The first-order chi connectivity index (χ1) is 10.7. The van der Waals surface area contributed by atoms with E-state index in [1.165, 1.54) is 0 Å². The fourth-order valence-electron chi connectivity index (χ4n) is 3.16. The number of nitrogens with zero attached hydrogens (tertiary/aromatic N) is 5. The lowest BCUT2D eigenvalue weighted by molar-refractivity contribution is 0.0717. The topological polar surface area (TPSA) is 56.0 Å². The summed E-state index contributed by atoms with van der Waals surface area (Å²) >= 11 is 6.18. The third-order valence-electron chi connectivity index (χ3n) is 4.20. The molecule has 118 valence electrons. The van der Waals surface area contributed by atoms with Crippen molar-refractivity contribution in [1.29, 1.82) is 0 Å². The number of aryl methyl sites for hydroxylation is 2. The molecule has 1 amide bonds. The molecular weight excluding hydrogens is 302 g/mol. The summed E-state index contributed by atoms with van der Waals surface area (Å²) in [4.78, 5) is 14.9. The van der Waals surface area contributed by atoms with E-state index in [4.69, 9.17) is 11.6 Å². The molecule has 0 spiro atoms. The minimum Gasteiger partial charge on any atom is -0.329 e. The van der Waals surface area contributed by atoms with Crippen molar-refractivity contribution in [2.45, 2.75) is 45.8 Å². The summed E-state index contributed by atoms with van der Waals surface area (Å²) in [6, 6.07) is 2.06. The Morgan fingerprint density at radius 3 is 2.82 bits per heavy atom. The SMILES string of the molecule is CCn1nccc1[C@@H]1CCCN1C(=O)c1c(Cl)cnn1CC. The Hall–Kier alpha value is -1.82. The van der Waals surface area contributed by atoms with Crippen molar-refractivity contribution in [3.05, 3.63) is 34.9 Å². The molecule has 3 heterocycles. The van der Waals surface area contributed by atoms with Crippen LogP contribution in [0.25, 0.3) is 0 Å². The van der Waals surface area contributed by atoms with Gasteiger partial charge in [0.2, 0.25) is 0 Å². The van der Waals surface area contributed by atoms with Crippen LogP contribution in [0.2, 0.25) is 5.02 Å². The maximum Gasteiger partial charge on any atom is 0.274 e. The van der Waals surface area contributed by atoms with Gasteiger partial charge in [-0.3, -0.25) is 14.2 Å². The van der Waals surface area contributed by atoms with E-state index in [1.807, 2.05) is 22.6 Å². The smallest absolute Gasteiger partial charge is 0.274 e. The molecule has 1 aliphatic rings. The van der Waals surface area contributed by atoms with Gasteiger partial charge in [-0.25, -0.2) is 0 Å². The molecule has 0 N–H and O–H groups in total. The van der Waals surface area contributed by atoms with Crippen LogP contribution < -0.4 is 0 Å². The molecule has 0 unspecified atom stereocenters. The summed E-state index contributed by atoms with van der Waals surface area (Å²) < 4.78 is 3.62. The molecule has 3 rings (SSSR count). The highest BCUT2D eigenvalue weighted by Crippen LogP contribution is 2.34. The summed E-state index contributed by atoms with van der Waals surface area (Å²) in [6.45, 7) is 6.17. The highest BCUT2D eigenvalue weighted by molar-refractivity contribution is 6.33. The van der Waals surface area contributed by atoms with Gasteiger partial charge in [-0.1, -0.05) is 11.6 Å². The third kappa shape index (κ3) is 2.41. The van der Waals surface area contributed by atoms with Crippen molar-refractivity contribution >= 4 is 17.5 Å². The van der Waals surface area contributed by atoms with Gasteiger partial charge in [0.15, 0.2) is 0 Å². The molecule has 6 nitrogen and oxygen atoms in total. The molecule has 1 atom stereocenters. The van der Waals surface area contributed by atoms with Crippen LogP contribution in [0, 0.1) is 0 Å². The minimum atomic E-state index is -0.0456. The maximum absolute atomic E-state index is 13.0. The van der Waals surface area contributed by atoms with Gasteiger partial charge in [-0.05, 0) is 32.8 Å². The Bertz CT molecular complexity index is 677. The predicted molar refractivity (Wildman–Crippen MR) is 83.8 cm³/mol. The number of rotatable bonds is 4. The first-order valence-electron chi connectivity index (χ1n) is 7.71. The van der Waals surface area contributed by atoms with Crippen LogP contribution in [0.3, 0.4) is 0 Å². The van der Waals surface area contributed by atoms with Gasteiger partial charge >= 0.3 is 0 Å². The van der Waals surface area contributed by atoms with Crippen LogP contribution in [-0.2, 0) is 13.1 Å². The molecule has 2 aromatic rings. The van der Waals surface area contributed by atoms with Gasteiger partial charge in [0.25, 0.3) is 5.91 Å². The second-order valence-electron chi connectivity index (χ2n) is 5.39. The van der Waals surface area contributed by atoms with E-state index in [0.29, 0.717) is 17.3 Å². The predicted octanol–water partition coefficient (Wildman–Crippen LogP) is 2.75. The first kappa shape index (κ1) is 15.1. The molecule has 0 radical (unpaired) electrons. The normalized spacial score (nSPS) is 18.1. The lowest BCUT2D eigenvalue weighted by atomic mass is 10.1. The average molecular weight is 322 g/mol. The number of hydrogen-bond donors (Lipinski definition) is 0. The zero-order valence-corrected chi connectivity index (χ0v) is 13.6. The molecule has 22 heavy (non-hydrogen) atoms. The van der Waals surface area contributed by atoms with Crippen molar-refractivity contribution in [3.8, 4) is 0 Å². The van der Waals surface area contributed by atoms with E-state index in [2.05, 4.69) is 17.1 Å². The van der Waals surface area contributed by atoms with E-state index in [0.717, 1.165) is 31.6 Å². The van der Waals surface area contributed by atoms with Crippen molar-refractivity contribution in [1.82, 2.24) is 24.5 Å². The van der Waals surface area contributed by atoms with Gasteiger partial charge in [-0.15, -0.1) is 0 Å². The number of hydrogen-bond acceptors (Lipinski definition) is 3. The van der Waals surface area contributed by atoms with Crippen LogP contribution in [-0.4, -0.2) is 36.9 Å². The second kappa shape index (κ2) is 6.12. The van der Waals surface area contributed by atoms with E-state index in [9.17, 15) is 4.79 Å². The summed E-state index contributed by atoms with van der Waals surface area (Å²) in [5.74, 6) is -0.0456. The van der Waals surface area contributed by atoms with Crippen molar-refractivity contribution < 1.29 is 4.79 Å². The first-order valence-corrected chi connectivity index (χ1v) is 8.09. The van der Waals surface area contributed by atoms with E-state index < -0.39 is 0 Å². The monoisotopic (exact) mass is 321 g/mol. The molecule has 2 aromatic heterocycles. The number of likely N-dealkylation sites (tertiary alicyclic amines) is 1. The van der Waals surface area contributed by atoms with Crippen LogP contribution in [0.15, 0.2) is 18.5 Å². The largest absolute Gasteiger partial charge is 0.329 e. The van der Waals surface area contributed by atoms with Crippen LogP contribution in [0.5, 0.6) is 0 Å². The summed E-state index contributed by atoms with van der Waals surface area (Å²) in [7, 11) is 0. The van der Waals surface area contributed by atoms with Crippen LogP contribution in [0.4, 0.5) is 0 Å². The van der Waals surface area contributed by atoms with Crippen LogP contribution >= 0.6 is 11.6 Å². The number of halogens is 1. The van der Waals surface area contributed by atoms with Crippen molar-refractivity contribution in [3.63, 3.8) is 0 Å². The quantitative estimate of drug-likeness (QED) is 0.870. The molecule has 0 bridgehead atoms. The van der Waals surface area contributed by atoms with E-state index >= 15 is 0 Å². The zero-order valence-electron chi connectivity index (χ0n) is 12.9. The standard InChI is InChI=1S/C15H20ClN5O/c1-3-20-13(7-8-17-20)12-6-5-9-19(12)15(22)14-11(16)10-18-21(14)4-2/h7-8,10,12H,3-6,9H2,1-2H3/t12-/m0/s1. The summed E-state index contributed by atoms with van der Waals surface area (Å²) in [6.07, 6.45) is 5.28. The fourth-order valence-corrected chi connectivity index (χ4v) is 3.38. The molecule has 0 saturated carbocycles. The van der Waals surface area contributed by atoms with Crippen molar-refractivity contribution in [2.24, 2.45) is 0 Å². The molecule has 0 aromatic carbocycles. The molecule has 1 saturated heterocycles. The van der Waals surface area contributed by atoms with Gasteiger partial charge in [0.05, 0.1) is 23.0 Å². The Labute approximate surface area is 134 Å². The zero-order chi connectivity index (χ0) is 15.7. The Morgan fingerprint density at radius 1 is 1.32 bits per heavy atom.